The van der Waals surface area contributed by atoms with E-state index in [4.69, 9.17) is 4.74 Å². The zero-order valence-corrected chi connectivity index (χ0v) is 13.8. The molecule has 3 aromatic heterocycles. The lowest BCUT2D eigenvalue weighted by atomic mass is 10.3. The Bertz CT molecular complexity index is 927. The van der Waals surface area contributed by atoms with Crippen molar-refractivity contribution in [2.24, 2.45) is 7.05 Å². The third-order valence-corrected chi connectivity index (χ3v) is 3.46. The van der Waals surface area contributed by atoms with Crippen LogP contribution in [0.4, 0.5) is 14.5 Å². The Balaban J connectivity index is 1.88. The number of carbonyl (C=O) groups is 1. The molecule has 0 bridgehead atoms. The number of halogens is 2. The van der Waals surface area contributed by atoms with Crippen LogP contribution < -0.4 is 10.1 Å². The van der Waals surface area contributed by atoms with E-state index in [9.17, 15) is 13.6 Å². The highest BCUT2D eigenvalue weighted by Gasteiger charge is 2.16. The van der Waals surface area contributed by atoms with Gasteiger partial charge in [-0.25, -0.2) is 18.7 Å². The van der Waals surface area contributed by atoms with Gasteiger partial charge in [0.2, 0.25) is 11.7 Å². The monoisotopic (exact) mass is 360 g/mol. The molecular weight excluding hydrogens is 346 g/mol. The van der Waals surface area contributed by atoms with Crippen LogP contribution in [0.25, 0.3) is 11.4 Å². The number of aryl methyl sites for hydroxylation is 1. The Morgan fingerprint density at radius 1 is 1.27 bits per heavy atom. The first-order valence-electron chi connectivity index (χ1n) is 7.43. The quantitative estimate of drug-likeness (QED) is 0.751. The Morgan fingerprint density at radius 3 is 2.65 bits per heavy atom. The molecule has 0 aliphatic rings. The van der Waals surface area contributed by atoms with Crippen molar-refractivity contribution in [3.8, 4) is 17.3 Å². The van der Waals surface area contributed by atoms with Crippen LogP contribution >= 0.6 is 0 Å². The number of carbonyl (C=O) groups excluding carboxylic acids is 1. The van der Waals surface area contributed by atoms with Crippen molar-refractivity contribution in [3.05, 3.63) is 48.4 Å². The minimum Gasteiger partial charge on any atom is -0.481 e. The standard InChI is InChI=1S/C16H14F2N6O2/c1-24-8-19-7-12(24)11-5-13(26-2)23-15(22-11)16(25)21-9-3-4-10(14(17)18)20-6-9/h3-8,14H,1-2H3,(H,21,25). The van der Waals surface area contributed by atoms with Crippen molar-refractivity contribution in [3.63, 3.8) is 0 Å². The van der Waals surface area contributed by atoms with Crippen molar-refractivity contribution in [1.82, 2.24) is 24.5 Å². The summed E-state index contributed by atoms with van der Waals surface area (Å²) >= 11 is 0. The molecule has 3 aromatic rings. The topological polar surface area (TPSA) is 94.8 Å². The molecule has 0 unspecified atom stereocenters. The Morgan fingerprint density at radius 2 is 2.08 bits per heavy atom. The van der Waals surface area contributed by atoms with Crippen LogP contribution in [0.1, 0.15) is 22.7 Å². The largest absolute Gasteiger partial charge is 0.481 e. The van der Waals surface area contributed by atoms with E-state index in [1.807, 2.05) is 0 Å². The third-order valence-electron chi connectivity index (χ3n) is 3.46. The average molecular weight is 360 g/mol. The number of nitrogens with one attached hydrogen (secondary N) is 1. The molecule has 1 amide bonds. The highest BCUT2D eigenvalue weighted by molar-refractivity contribution is 6.01. The Labute approximate surface area is 146 Å². The maximum Gasteiger partial charge on any atom is 0.293 e. The second-order valence-corrected chi connectivity index (χ2v) is 5.24. The molecule has 0 saturated carbocycles. The zero-order valence-electron chi connectivity index (χ0n) is 13.8. The number of alkyl halides is 2. The minimum atomic E-state index is -2.68. The number of hydrogen-bond donors (Lipinski definition) is 1. The summed E-state index contributed by atoms with van der Waals surface area (Å²) in [6, 6.07) is 4.04. The van der Waals surface area contributed by atoms with Crippen LogP contribution in [0, 0.1) is 0 Å². The lowest BCUT2D eigenvalue weighted by molar-refractivity contribution is 0.101. The number of ether oxygens (including phenoxy) is 1. The summed E-state index contributed by atoms with van der Waals surface area (Å²) in [7, 11) is 3.21. The maximum atomic E-state index is 12.5. The molecule has 3 heterocycles. The van der Waals surface area contributed by atoms with Crippen LogP contribution in [-0.2, 0) is 7.05 Å². The molecule has 0 aliphatic carbocycles. The molecule has 0 aliphatic heterocycles. The van der Waals surface area contributed by atoms with E-state index in [1.165, 1.54) is 13.2 Å². The summed E-state index contributed by atoms with van der Waals surface area (Å²) in [6.07, 6.45) is 1.65. The van der Waals surface area contributed by atoms with Gasteiger partial charge in [-0.3, -0.25) is 9.78 Å². The number of imidazole rings is 1. The SMILES string of the molecule is COc1cc(-c2cncn2C)nc(C(=O)Nc2ccc(C(F)F)nc2)n1. The molecule has 0 spiro atoms. The molecule has 0 radical (unpaired) electrons. The lowest BCUT2D eigenvalue weighted by Crippen LogP contribution is -2.17. The molecule has 8 nitrogen and oxygen atoms in total. The number of methoxy groups -OCH3 is 1. The number of amides is 1. The highest BCUT2D eigenvalue weighted by atomic mass is 19.3. The fraction of sp³-hybridized carbons (Fsp3) is 0.188. The molecule has 1 N–H and O–H groups in total. The zero-order chi connectivity index (χ0) is 18.7. The first-order valence-corrected chi connectivity index (χ1v) is 7.43. The number of pyridine rings is 1. The van der Waals surface area contributed by atoms with Gasteiger partial charge in [0.1, 0.15) is 5.69 Å². The van der Waals surface area contributed by atoms with Crippen molar-refractivity contribution < 1.29 is 18.3 Å². The van der Waals surface area contributed by atoms with Gasteiger partial charge in [0.25, 0.3) is 12.3 Å². The molecule has 0 fully saturated rings. The summed E-state index contributed by atoms with van der Waals surface area (Å²) in [6.45, 7) is 0. The summed E-state index contributed by atoms with van der Waals surface area (Å²) in [5, 5.41) is 2.51. The van der Waals surface area contributed by atoms with E-state index in [-0.39, 0.29) is 23.1 Å². The number of rotatable bonds is 5. The van der Waals surface area contributed by atoms with Crippen LogP contribution in [0.5, 0.6) is 5.88 Å². The van der Waals surface area contributed by atoms with Gasteiger partial charge in [0.15, 0.2) is 0 Å². The minimum absolute atomic E-state index is 0.140. The molecule has 134 valence electrons. The molecule has 0 aromatic carbocycles. The van der Waals surface area contributed by atoms with Crippen molar-refractivity contribution in [2.45, 2.75) is 6.43 Å². The fourth-order valence-corrected chi connectivity index (χ4v) is 2.16. The normalized spacial score (nSPS) is 10.8. The summed E-state index contributed by atoms with van der Waals surface area (Å²) in [5.74, 6) is -0.565. The van der Waals surface area contributed by atoms with Gasteiger partial charge < -0.3 is 14.6 Å². The van der Waals surface area contributed by atoms with Crippen molar-refractivity contribution >= 4 is 11.6 Å². The number of anilines is 1. The summed E-state index contributed by atoms with van der Waals surface area (Å²) in [4.78, 5) is 28.3. The van der Waals surface area contributed by atoms with Crippen molar-refractivity contribution in [2.75, 3.05) is 12.4 Å². The first kappa shape index (κ1) is 17.4. The van der Waals surface area contributed by atoms with E-state index in [1.54, 1.807) is 30.2 Å². The van der Waals surface area contributed by atoms with Crippen LogP contribution in [0.2, 0.25) is 0 Å². The van der Waals surface area contributed by atoms with E-state index < -0.39 is 12.3 Å². The van der Waals surface area contributed by atoms with Gasteiger partial charge in [0.05, 0.1) is 42.9 Å². The molecule has 0 atom stereocenters. The number of hydrogen-bond acceptors (Lipinski definition) is 6. The maximum absolute atomic E-state index is 12.5. The van der Waals surface area contributed by atoms with Gasteiger partial charge in [-0.1, -0.05) is 0 Å². The number of nitrogens with zero attached hydrogens (tertiary/aromatic N) is 5. The van der Waals surface area contributed by atoms with Gasteiger partial charge in [-0.05, 0) is 12.1 Å². The van der Waals surface area contributed by atoms with Crippen LogP contribution in [0.15, 0.2) is 36.9 Å². The molecule has 10 heteroatoms. The molecule has 0 saturated heterocycles. The summed E-state index contributed by atoms with van der Waals surface area (Å²) < 4.78 is 31.9. The smallest absolute Gasteiger partial charge is 0.293 e. The highest BCUT2D eigenvalue weighted by Crippen LogP contribution is 2.21. The third kappa shape index (κ3) is 3.63. The van der Waals surface area contributed by atoms with E-state index in [0.717, 1.165) is 12.3 Å². The lowest BCUT2D eigenvalue weighted by Gasteiger charge is -2.08. The van der Waals surface area contributed by atoms with Crippen LogP contribution in [-0.4, -0.2) is 37.5 Å². The summed E-state index contributed by atoms with van der Waals surface area (Å²) in [5.41, 5.74) is 0.989. The molecule has 3 rings (SSSR count). The van der Waals surface area contributed by atoms with E-state index in [2.05, 4.69) is 25.3 Å². The van der Waals surface area contributed by atoms with Gasteiger partial charge >= 0.3 is 0 Å². The fourth-order valence-electron chi connectivity index (χ4n) is 2.16. The van der Waals surface area contributed by atoms with Gasteiger partial charge in [-0.2, -0.15) is 4.98 Å². The molecular formula is C16H14F2N6O2. The Kier molecular flexibility index (Phi) is 4.83. The van der Waals surface area contributed by atoms with Gasteiger partial charge in [-0.15, -0.1) is 0 Å². The second kappa shape index (κ2) is 7.21. The van der Waals surface area contributed by atoms with Crippen molar-refractivity contribution in [1.29, 1.82) is 0 Å². The number of aromatic nitrogens is 5. The second-order valence-electron chi connectivity index (χ2n) is 5.24. The predicted molar refractivity (Wildman–Crippen MR) is 87.9 cm³/mol. The van der Waals surface area contributed by atoms with E-state index >= 15 is 0 Å². The van der Waals surface area contributed by atoms with Gasteiger partial charge in [0, 0.05) is 13.1 Å². The molecule has 26 heavy (non-hydrogen) atoms. The first-order chi connectivity index (χ1) is 12.5. The predicted octanol–water partition coefficient (Wildman–Crippen LogP) is 2.47. The Hall–Kier alpha value is -3.43. The van der Waals surface area contributed by atoms with E-state index in [0.29, 0.717) is 11.4 Å². The average Bonchev–Trinajstić information content (AvgIpc) is 3.07. The van der Waals surface area contributed by atoms with Crippen LogP contribution in [0.3, 0.4) is 0 Å².